The fourth-order valence-electron chi connectivity index (χ4n) is 2.41. The third kappa shape index (κ3) is 1.01. The topological polar surface area (TPSA) is 27.0 Å². The molecular formula is C10H14N2. The van der Waals surface area contributed by atoms with Crippen LogP contribution in [0.25, 0.3) is 0 Å². The summed E-state index contributed by atoms with van der Waals surface area (Å²) in [5.41, 5.74) is 0.913. The first-order valence-electron chi connectivity index (χ1n) is 4.71. The number of fused-ring (bicyclic) bond motifs is 1. The van der Waals surface area contributed by atoms with Gasteiger partial charge in [-0.15, -0.1) is 0 Å². The highest BCUT2D eigenvalue weighted by molar-refractivity contribution is 5.24. The second kappa shape index (κ2) is 2.82. The van der Waals surface area contributed by atoms with Crippen LogP contribution in [-0.2, 0) is 0 Å². The highest BCUT2D eigenvalue weighted by atomic mass is 15.2. The Bertz CT molecular complexity index is 249. The number of nitrogens with zero attached hydrogens (tertiary/aromatic N) is 2. The summed E-state index contributed by atoms with van der Waals surface area (Å²) in [4.78, 5) is 2.31. The van der Waals surface area contributed by atoms with E-state index in [0.29, 0.717) is 12.1 Å². The van der Waals surface area contributed by atoms with Crippen molar-refractivity contribution in [2.75, 3.05) is 0 Å². The molecule has 0 aromatic carbocycles. The number of rotatable bonds is 0. The molecule has 0 saturated carbocycles. The van der Waals surface area contributed by atoms with E-state index in [0.717, 1.165) is 12.1 Å². The van der Waals surface area contributed by atoms with Crippen molar-refractivity contribution in [2.45, 2.75) is 44.7 Å². The van der Waals surface area contributed by atoms with E-state index in [1.165, 1.54) is 19.3 Å². The first-order chi connectivity index (χ1) is 5.83. The maximum atomic E-state index is 8.90. The lowest BCUT2D eigenvalue weighted by Crippen LogP contribution is -2.35. The third-order valence-electron chi connectivity index (χ3n) is 3.02. The van der Waals surface area contributed by atoms with Crippen molar-refractivity contribution in [2.24, 2.45) is 0 Å². The van der Waals surface area contributed by atoms with E-state index in [1.807, 2.05) is 0 Å². The van der Waals surface area contributed by atoms with Gasteiger partial charge in [0.1, 0.15) is 11.8 Å². The van der Waals surface area contributed by atoms with Crippen molar-refractivity contribution >= 4 is 0 Å². The van der Waals surface area contributed by atoms with Gasteiger partial charge in [0.05, 0.1) is 0 Å². The molecule has 2 nitrogen and oxygen atoms in total. The summed E-state index contributed by atoms with van der Waals surface area (Å²) in [6.45, 7) is 2.22. The normalized spacial score (nSPS) is 34.0. The van der Waals surface area contributed by atoms with E-state index >= 15 is 0 Å². The summed E-state index contributed by atoms with van der Waals surface area (Å²) in [6.07, 6.45) is 6.95. The van der Waals surface area contributed by atoms with Crippen LogP contribution in [0.4, 0.5) is 0 Å². The average molecular weight is 162 g/mol. The van der Waals surface area contributed by atoms with Crippen molar-refractivity contribution in [1.29, 1.82) is 5.26 Å². The predicted octanol–water partition coefficient (Wildman–Crippen LogP) is 2.04. The molecule has 2 aliphatic rings. The van der Waals surface area contributed by atoms with Crippen LogP contribution in [-0.4, -0.2) is 17.0 Å². The molecule has 0 aromatic rings. The van der Waals surface area contributed by atoms with Crippen molar-refractivity contribution in [3.05, 3.63) is 11.8 Å². The lowest BCUT2D eigenvalue weighted by Gasteiger charge is -2.32. The molecule has 2 heteroatoms. The molecule has 2 heterocycles. The molecule has 0 unspecified atom stereocenters. The number of nitriles is 1. The molecule has 12 heavy (non-hydrogen) atoms. The van der Waals surface area contributed by atoms with Gasteiger partial charge in [-0.2, -0.15) is 5.26 Å². The third-order valence-corrected chi connectivity index (χ3v) is 3.02. The van der Waals surface area contributed by atoms with E-state index in [1.54, 1.807) is 0 Å². The summed E-state index contributed by atoms with van der Waals surface area (Å²) in [5.74, 6) is 0. The average Bonchev–Trinajstić information content (AvgIpc) is 2.48. The molecule has 0 amide bonds. The summed E-state index contributed by atoms with van der Waals surface area (Å²) in [6, 6.07) is 3.54. The lowest BCUT2D eigenvalue weighted by atomic mass is 10.0. The number of allylic oxidation sites excluding steroid dienone is 2. The largest absolute Gasteiger partial charge is 0.358 e. The Balaban J connectivity index is 2.26. The zero-order chi connectivity index (χ0) is 8.55. The Hall–Kier alpha value is -0.970. The molecule has 0 aromatic heterocycles. The van der Waals surface area contributed by atoms with Crippen LogP contribution < -0.4 is 0 Å². The first kappa shape index (κ1) is 7.67. The van der Waals surface area contributed by atoms with Crippen molar-refractivity contribution < 1.29 is 0 Å². The van der Waals surface area contributed by atoms with Crippen LogP contribution in [0.1, 0.15) is 32.6 Å². The SMILES string of the molecule is C[C@H]1CC[C@@H]2CCC=C(C#N)N21. The molecule has 0 radical (unpaired) electrons. The monoisotopic (exact) mass is 162 g/mol. The summed E-state index contributed by atoms with van der Waals surface area (Å²) in [7, 11) is 0. The van der Waals surface area contributed by atoms with E-state index in [4.69, 9.17) is 5.26 Å². The second-order valence-electron chi connectivity index (χ2n) is 3.77. The molecule has 64 valence electrons. The predicted molar refractivity (Wildman–Crippen MR) is 47.3 cm³/mol. The van der Waals surface area contributed by atoms with Crippen LogP contribution in [0.3, 0.4) is 0 Å². The molecule has 2 atom stereocenters. The zero-order valence-corrected chi connectivity index (χ0v) is 7.45. The van der Waals surface area contributed by atoms with E-state index in [-0.39, 0.29) is 0 Å². The molecule has 1 saturated heterocycles. The van der Waals surface area contributed by atoms with Gasteiger partial charge in [0.2, 0.25) is 0 Å². The fraction of sp³-hybridized carbons (Fsp3) is 0.700. The Morgan fingerprint density at radius 3 is 3.08 bits per heavy atom. The molecule has 2 aliphatic heterocycles. The van der Waals surface area contributed by atoms with Crippen LogP contribution >= 0.6 is 0 Å². The van der Waals surface area contributed by atoms with Crippen LogP contribution in [0.5, 0.6) is 0 Å². The van der Waals surface area contributed by atoms with Gasteiger partial charge in [0, 0.05) is 12.1 Å². The van der Waals surface area contributed by atoms with Gasteiger partial charge in [-0.1, -0.05) is 6.08 Å². The minimum Gasteiger partial charge on any atom is -0.358 e. The van der Waals surface area contributed by atoms with E-state index in [9.17, 15) is 0 Å². The summed E-state index contributed by atoms with van der Waals surface area (Å²) < 4.78 is 0. The molecule has 0 bridgehead atoms. The van der Waals surface area contributed by atoms with E-state index < -0.39 is 0 Å². The highest BCUT2D eigenvalue weighted by Gasteiger charge is 2.33. The van der Waals surface area contributed by atoms with Gasteiger partial charge < -0.3 is 4.90 Å². The summed E-state index contributed by atoms with van der Waals surface area (Å²) in [5, 5.41) is 8.90. The quantitative estimate of drug-likeness (QED) is 0.545. The number of hydrogen-bond acceptors (Lipinski definition) is 2. The van der Waals surface area contributed by atoms with Gasteiger partial charge in [-0.3, -0.25) is 0 Å². The fourth-order valence-corrected chi connectivity index (χ4v) is 2.41. The smallest absolute Gasteiger partial charge is 0.117 e. The van der Waals surface area contributed by atoms with Gasteiger partial charge in [0.25, 0.3) is 0 Å². The summed E-state index contributed by atoms with van der Waals surface area (Å²) >= 11 is 0. The maximum absolute atomic E-state index is 8.90. The standard InChI is InChI=1S/C10H14N2/c1-8-5-6-9-3-2-4-10(7-11)12(8)9/h4,8-9H,2-3,5-6H2,1H3/t8-,9-/m0/s1. The molecule has 1 fully saturated rings. The van der Waals surface area contributed by atoms with Gasteiger partial charge in [0.15, 0.2) is 0 Å². The van der Waals surface area contributed by atoms with Crippen LogP contribution in [0.2, 0.25) is 0 Å². The highest BCUT2D eigenvalue weighted by Crippen LogP contribution is 2.33. The van der Waals surface area contributed by atoms with Crippen molar-refractivity contribution in [3.63, 3.8) is 0 Å². The Kier molecular flexibility index (Phi) is 1.80. The number of hydrogen-bond donors (Lipinski definition) is 0. The molecule has 0 spiro atoms. The van der Waals surface area contributed by atoms with Gasteiger partial charge in [-0.05, 0) is 32.6 Å². The van der Waals surface area contributed by atoms with Crippen molar-refractivity contribution in [1.82, 2.24) is 4.90 Å². The molecule has 0 aliphatic carbocycles. The minimum atomic E-state index is 0.584. The van der Waals surface area contributed by atoms with Crippen molar-refractivity contribution in [3.8, 4) is 6.07 Å². The van der Waals surface area contributed by atoms with Gasteiger partial charge in [-0.25, -0.2) is 0 Å². The second-order valence-corrected chi connectivity index (χ2v) is 3.77. The molecule has 2 rings (SSSR count). The lowest BCUT2D eigenvalue weighted by molar-refractivity contribution is 0.249. The van der Waals surface area contributed by atoms with Gasteiger partial charge >= 0.3 is 0 Å². The zero-order valence-electron chi connectivity index (χ0n) is 7.45. The van der Waals surface area contributed by atoms with Crippen LogP contribution in [0.15, 0.2) is 11.8 Å². The first-order valence-corrected chi connectivity index (χ1v) is 4.71. The molecule has 0 N–H and O–H groups in total. The Morgan fingerprint density at radius 1 is 1.50 bits per heavy atom. The molecular weight excluding hydrogens is 148 g/mol. The Morgan fingerprint density at radius 2 is 2.33 bits per heavy atom. The minimum absolute atomic E-state index is 0.584. The Labute approximate surface area is 73.5 Å². The van der Waals surface area contributed by atoms with E-state index in [2.05, 4.69) is 24.0 Å². The maximum Gasteiger partial charge on any atom is 0.117 e. The van der Waals surface area contributed by atoms with Crippen LogP contribution in [0, 0.1) is 11.3 Å².